The average molecular weight is 504 g/mol. The van der Waals surface area contributed by atoms with Crippen LogP contribution in [0.15, 0.2) is 54.9 Å². The third-order valence-corrected chi connectivity index (χ3v) is 6.68. The zero-order valence-corrected chi connectivity index (χ0v) is 20.7. The summed E-state index contributed by atoms with van der Waals surface area (Å²) in [5.74, 6) is 0.491. The molecule has 192 valence electrons. The van der Waals surface area contributed by atoms with Crippen LogP contribution in [0, 0.1) is 0 Å². The maximum atomic E-state index is 13.3. The van der Waals surface area contributed by atoms with Crippen LogP contribution in [-0.2, 0) is 9.59 Å². The van der Waals surface area contributed by atoms with E-state index in [2.05, 4.69) is 30.8 Å². The van der Waals surface area contributed by atoms with E-state index in [1.54, 1.807) is 12.3 Å². The monoisotopic (exact) mass is 503 g/mol. The van der Waals surface area contributed by atoms with Gasteiger partial charge in [-0.25, -0.2) is 9.37 Å². The number of nitrogens with one attached hydrogen (secondary N) is 3. The van der Waals surface area contributed by atoms with Gasteiger partial charge in [0.05, 0.1) is 24.0 Å². The summed E-state index contributed by atoms with van der Waals surface area (Å²) in [4.78, 5) is 35.8. The average Bonchev–Trinajstić information content (AvgIpc) is 3.51. The molecular formula is C27H30FN7O2. The fourth-order valence-electron chi connectivity index (χ4n) is 4.35. The van der Waals surface area contributed by atoms with Gasteiger partial charge in [0, 0.05) is 49.0 Å². The van der Waals surface area contributed by atoms with Crippen LogP contribution >= 0.6 is 0 Å². The number of nitrogens with zero attached hydrogens (tertiary/aromatic N) is 4. The molecule has 2 aliphatic rings. The molecule has 3 heterocycles. The first kappa shape index (κ1) is 24.8. The molecule has 1 aromatic carbocycles. The number of anilines is 2. The largest absolute Gasteiger partial charge is 0.309 e. The highest BCUT2D eigenvalue weighted by atomic mass is 19.1. The van der Waals surface area contributed by atoms with Crippen molar-refractivity contribution in [3.8, 4) is 11.3 Å². The molecular weight excluding hydrogens is 473 g/mol. The Morgan fingerprint density at radius 3 is 2.84 bits per heavy atom. The van der Waals surface area contributed by atoms with Crippen LogP contribution in [0.3, 0.4) is 0 Å². The van der Waals surface area contributed by atoms with Crippen LogP contribution < -0.4 is 10.6 Å². The van der Waals surface area contributed by atoms with Gasteiger partial charge in [-0.2, -0.15) is 5.10 Å². The van der Waals surface area contributed by atoms with Gasteiger partial charge in [0.15, 0.2) is 11.6 Å². The van der Waals surface area contributed by atoms with E-state index >= 15 is 0 Å². The Labute approximate surface area is 214 Å². The second-order valence-electron chi connectivity index (χ2n) is 9.65. The second kappa shape index (κ2) is 11.0. The first-order valence-electron chi connectivity index (χ1n) is 12.6. The molecule has 1 aliphatic heterocycles. The molecule has 1 saturated heterocycles. The van der Waals surface area contributed by atoms with Crippen LogP contribution in [0.2, 0.25) is 0 Å². The first-order chi connectivity index (χ1) is 17.9. The summed E-state index contributed by atoms with van der Waals surface area (Å²) >= 11 is 0. The van der Waals surface area contributed by atoms with E-state index in [0.717, 1.165) is 29.7 Å². The van der Waals surface area contributed by atoms with E-state index in [1.165, 1.54) is 12.3 Å². The number of carbonyl (C=O) groups is 2. The molecule has 0 bridgehead atoms. The molecule has 3 aromatic rings. The van der Waals surface area contributed by atoms with Gasteiger partial charge in [-0.3, -0.25) is 24.6 Å². The van der Waals surface area contributed by atoms with Crippen molar-refractivity contribution in [2.24, 2.45) is 0 Å². The third-order valence-electron chi connectivity index (χ3n) is 6.68. The molecule has 0 spiro atoms. The smallest absolute Gasteiger partial charge is 0.249 e. The van der Waals surface area contributed by atoms with Crippen LogP contribution in [0.4, 0.5) is 16.0 Å². The molecule has 10 heteroatoms. The van der Waals surface area contributed by atoms with Gasteiger partial charge >= 0.3 is 0 Å². The Morgan fingerprint density at radius 2 is 2.05 bits per heavy atom. The molecule has 3 N–H and O–H groups in total. The molecule has 2 unspecified atom stereocenters. The summed E-state index contributed by atoms with van der Waals surface area (Å²) in [5.41, 5.74) is 3.24. The van der Waals surface area contributed by atoms with Crippen LogP contribution in [0.25, 0.3) is 11.3 Å². The van der Waals surface area contributed by atoms with E-state index in [1.807, 2.05) is 42.2 Å². The van der Waals surface area contributed by atoms with Crippen molar-refractivity contribution in [1.29, 1.82) is 0 Å². The lowest BCUT2D eigenvalue weighted by Gasteiger charge is -2.13. The Kier molecular flexibility index (Phi) is 7.36. The number of benzene rings is 1. The predicted molar refractivity (Wildman–Crippen MR) is 139 cm³/mol. The number of aromatic amines is 1. The maximum absolute atomic E-state index is 13.3. The Bertz CT molecular complexity index is 1300. The SMILES string of the molecule is CC(C(=O)Nc1cc(C2CC2)[nH]n1)c1cccc(-c2cncc(NC(=O)/C=C/CN3CCC(F)C3)n2)c1. The lowest BCUT2D eigenvalue weighted by atomic mass is 9.97. The fourth-order valence-corrected chi connectivity index (χ4v) is 4.35. The van der Waals surface area contributed by atoms with Crippen molar-refractivity contribution in [3.05, 3.63) is 66.1 Å². The molecule has 37 heavy (non-hydrogen) atoms. The highest BCUT2D eigenvalue weighted by molar-refractivity contribution is 5.98. The van der Waals surface area contributed by atoms with Crippen molar-refractivity contribution < 1.29 is 14.0 Å². The summed E-state index contributed by atoms with van der Waals surface area (Å²) in [6.45, 7) is 3.47. The molecule has 1 saturated carbocycles. The molecule has 0 radical (unpaired) electrons. The van der Waals surface area contributed by atoms with Gasteiger partial charge in [-0.1, -0.05) is 24.3 Å². The summed E-state index contributed by atoms with van der Waals surface area (Å²) in [5, 5.41) is 12.8. The topological polar surface area (TPSA) is 116 Å². The number of halogens is 1. The maximum Gasteiger partial charge on any atom is 0.249 e. The minimum atomic E-state index is -0.785. The van der Waals surface area contributed by atoms with Gasteiger partial charge in [0.1, 0.15) is 6.17 Å². The second-order valence-corrected chi connectivity index (χ2v) is 9.65. The minimum absolute atomic E-state index is 0.152. The lowest BCUT2D eigenvalue weighted by Crippen LogP contribution is -2.21. The lowest BCUT2D eigenvalue weighted by molar-refractivity contribution is -0.117. The number of hydrogen-bond acceptors (Lipinski definition) is 6. The summed E-state index contributed by atoms with van der Waals surface area (Å²) in [6.07, 6.45) is 8.30. The molecule has 2 fully saturated rings. The third kappa shape index (κ3) is 6.45. The molecule has 5 rings (SSSR count). The molecule has 2 atom stereocenters. The van der Waals surface area contributed by atoms with Crippen molar-refractivity contribution in [1.82, 2.24) is 25.1 Å². The van der Waals surface area contributed by atoms with Crippen LogP contribution in [0.1, 0.15) is 49.3 Å². The van der Waals surface area contributed by atoms with E-state index in [4.69, 9.17) is 0 Å². The number of H-pyrrole nitrogens is 1. The van der Waals surface area contributed by atoms with Crippen molar-refractivity contribution in [2.75, 3.05) is 30.3 Å². The predicted octanol–water partition coefficient (Wildman–Crippen LogP) is 4.02. The Morgan fingerprint density at radius 1 is 1.19 bits per heavy atom. The normalized spacial score (nSPS) is 18.7. The van der Waals surface area contributed by atoms with Crippen molar-refractivity contribution in [2.45, 2.75) is 44.2 Å². The number of rotatable bonds is 9. The Balaban J connectivity index is 1.20. The van der Waals surface area contributed by atoms with E-state index in [-0.39, 0.29) is 11.8 Å². The zero-order chi connectivity index (χ0) is 25.8. The van der Waals surface area contributed by atoms with Crippen molar-refractivity contribution >= 4 is 23.5 Å². The summed E-state index contributed by atoms with van der Waals surface area (Å²) in [7, 11) is 0. The van der Waals surface area contributed by atoms with E-state index in [0.29, 0.717) is 49.3 Å². The van der Waals surface area contributed by atoms with Gasteiger partial charge < -0.3 is 10.6 Å². The molecule has 1 aliphatic carbocycles. The van der Waals surface area contributed by atoms with E-state index < -0.39 is 12.1 Å². The minimum Gasteiger partial charge on any atom is -0.309 e. The molecule has 2 aromatic heterocycles. The number of carbonyl (C=O) groups excluding carboxylic acids is 2. The number of aromatic nitrogens is 4. The number of hydrogen-bond donors (Lipinski definition) is 3. The molecule has 2 amide bonds. The number of alkyl halides is 1. The standard InChI is InChI=1S/C27H30FN7O2/c1-17(27(37)32-24-13-22(33-34-24)18-7-8-18)19-4-2-5-20(12-19)23-14-29-15-25(30-23)31-26(36)6-3-10-35-11-9-21(28)16-35/h2-6,12-15,17-18,21H,7-11,16H2,1H3,(H,30,31,36)(H2,32,33,34,37)/b6-3+. The summed E-state index contributed by atoms with van der Waals surface area (Å²) in [6, 6.07) is 9.43. The van der Waals surface area contributed by atoms with Crippen LogP contribution in [0.5, 0.6) is 0 Å². The zero-order valence-electron chi connectivity index (χ0n) is 20.7. The van der Waals surface area contributed by atoms with E-state index in [9.17, 15) is 14.0 Å². The first-order valence-corrected chi connectivity index (χ1v) is 12.6. The van der Waals surface area contributed by atoms with Crippen LogP contribution in [-0.4, -0.2) is 62.7 Å². The Hall–Kier alpha value is -3.92. The highest BCUT2D eigenvalue weighted by Gasteiger charge is 2.26. The van der Waals surface area contributed by atoms with Gasteiger partial charge in [-0.05, 0) is 37.8 Å². The molecule has 9 nitrogen and oxygen atoms in total. The van der Waals surface area contributed by atoms with Gasteiger partial charge in [0.2, 0.25) is 11.8 Å². The fraction of sp³-hybridized carbons (Fsp3) is 0.370. The summed E-state index contributed by atoms with van der Waals surface area (Å²) < 4.78 is 13.3. The number of likely N-dealkylation sites (tertiary alicyclic amines) is 1. The van der Waals surface area contributed by atoms with Gasteiger partial charge in [-0.15, -0.1) is 0 Å². The van der Waals surface area contributed by atoms with Gasteiger partial charge in [0.25, 0.3) is 0 Å². The number of amides is 2. The highest BCUT2D eigenvalue weighted by Crippen LogP contribution is 2.39. The van der Waals surface area contributed by atoms with Crippen molar-refractivity contribution in [3.63, 3.8) is 0 Å². The quantitative estimate of drug-likeness (QED) is 0.380.